The van der Waals surface area contributed by atoms with E-state index < -0.39 is 0 Å². The number of ether oxygens (including phenoxy) is 1. The molecule has 3 fully saturated rings. The molecule has 2 heterocycles. The summed E-state index contributed by atoms with van der Waals surface area (Å²) >= 11 is 0. The van der Waals surface area contributed by atoms with Crippen LogP contribution >= 0.6 is 0 Å². The van der Waals surface area contributed by atoms with E-state index in [0.717, 1.165) is 12.8 Å². The summed E-state index contributed by atoms with van der Waals surface area (Å²) in [5.74, 6) is 0. The maximum absolute atomic E-state index is 11.9. The van der Waals surface area contributed by atoms with Gasteiger partial charge in [0.05, 0.1) is 0 Å². The van der Waals surface area contributed by atoms with Crippen LogP contribution in [0, 0.1) is 0 Å². The first-order valence-electron chi connectivity index (χ1n) is 5.69. The van der Waals surface area contributed by atoms with E-state index in [0.29, 0.717) is 12.1 Å². The fourth-order valence-electron chi connectivity index (χ4n) is 2.75. The largest absolute Gasteiger partial charge is 0.443 e. The minimum atomic E-state index is -0.112. The van der Waals surface area contributed by atoms with Crippen LogP contribution in [0.3, 0.4) is 0 Å². The van der Waals surface area contributed by atoms with E-state index in [1.165, 1.54) is 25.7 Å². The second kappa shape index (κ2) is 2.65. The molecule has 0 unspecified atom stereocenters. The number of carbonyl (C=O) groups is 1. The second-order valence-corrected chi connectivity index (χ2v) is 5.19. The highest BCUT2D eigenvalue weighted by atomic mass is 16.6. The van der Waals surface area contributed by atoms with Crippen LogP contribution in [0.4, 0.5) is 4.79 Å². The molecule has 14 heavy (non-hydrogen) atoms. The number of hydrogen-bond acceptors (Lipinski definition) is 2. The van der Waals surface area contributed by atoms with E-state index in [4.69, 9.17) is 4.74 Å². The second-order valence-electron chi connectivity index (χ2n) is 5.19. The Hall–Kier alpha value is -0.730. The average molecular weight is 195 g/mol. The van der Waals surface area contributed by atoms with Crippen molar-refractivity contribution in [2.45, 2.75) is 63.1 Å². The fraction of sp³-hybridized carbons (Fsp3) is 0.909. The van der Waals surface area contributed by atoms with Gasteiger partial charge < -0.3 is 9.64 Å². The Morgan fingerprint density at radius 1 is 1.21 bits per heavy atom. The van der Waals surface area contributed by atoms with Gasteiger partial charge in [0, 0.05) is 12.1 Å². The average Bonchev–Trinajstić information content (AvgIpc) is 2.66. The molecule has 3 rings (SSSR count). The van der Waals surface area contributed by atoms with Gasteiger partial charge in [0.2, 0.25) is 0 Å². The van der Waals surface area contributed by atoms with Gasteiger partial charge in [-0.15, -0.1) is 0 Å². The summed E-state index contributed by atoms with van der Waals surface area (Å²) in [6.07, 6.45) is 6.80. The Morgan fingerprint density at radius 3 is 2.14 bits per heavy atom. The zero-order valence-corrected chi connectivity index (χ0v) is 8.66. The molecule has 3 aliphatic rings. The van der Waals surface area contributed by atoms with E-state index in [1.54, 1.807) is 0 Å². The minimum absolute atomic E-state index is 0.0463. The van der Waals surface area contributed by atoms with Crippen molar-refractivity contribution in [2.75, 3.05) is 0 Å². The Kier molecular flexibility index (Phi) is 1.62. The molecule has 0 aromatic carbocycles. The summed E-state index contributed by atoms with van der Waals surface area (Å²) < 4.78 is 5.50. The molecule has 0 N–H and O–H groups in total. The number of fused-ring (bicyclic) bond motifs is 2. The summed E-state index contributed by atoms with van der Waals surface area (Å²) in [4.78, 5) is 13.9. The van der Waals surface area contributed by atoms with E-state index in [1.807, 2.05) is 11.8 Å². The summed E-state index contributed by atoms with van der Waals surface area (Å²) in [6, 6.07) is 0.990. The van der Waals surface area contributed by atoms with Crippen molar-refractivity contribution in [3.63, 3.8) is 0 Å². The van der Waals surface area contributed by atoms with E-state index in [9.17, 15) is 4.79 Å². The van der Waals surface area contributed by atoms with Gasteiger partial charge in [-0.05, 0) is 45.4 Å². The molecule has 78 valence electrons. The zero-order chi connectivity index (χ0) is 9.76. The van der Waals surface area contributed by atoms with Crippen molar-refractivity contribution in [1.82, 2.24) is 4.90 Å². The molecule has 0 radical (unpaired) electrons. The molecule has 1 saturated carbocycles. The Labute approximate surface area is 84.4 Å². The van der Waals surface area contributed by atoms with Gasteiger partial charge in [0.25, 0.3) is 0 Å². The summed E-state index contributed by atoms with van der Waals surface area (Å²) in [5.41, 5.74) is -0.112. The monoisotopic (exact) mass is 195 g/mol. The number of carbonyl (C=O) groups excluding carboxylic acids is 1. The summed E-state index contributed by atoms with van der Waals surface area (Å²) in [5, 5.41) is 0. The molecular formula is C11H17NO2. The van der Waals surface area contributed by atoms with E-state index >= 15 is 0 Å². The van der Waals surface area contributed by atoms with Gasteiger partial charge >= 0.3 is 6.09 Å². The molecule has 3 heteroatoms. The third-order valence-electron chi connectivity index (χ3n) is 3.95. The molecule has 1 aliphatic carbocycles. The predicted molar refractivity (Wildman–Crippen MR) is 52.0 cm³/mol. The highest BCUT2D eigenvalue weighted by Gasteiger charge is 2.48. The minimum Gasteiger partial charge on any atom is -0.443 e. The third kappa shape index (κ3) is 1.22. The lowest BCUT2D eigenvalue weighted by Crippen LogP contribution is -2.37. The van der Waals surface area contributed by atoms with Gasteiger partial charge in [-0.3, -0.25) is 0 Å². The fourth-order valence-corrected chi connectivity index (χ4v) is 2.75. The number of rotatable bonds is 1. The van der Waals surface area contributed by atoms with Crippen LogP contribution in [0.1, 0.15) is 45.4 Å². The lowest BCUT2D eigenvalue weighted by atomic mass is 10.0. The Bertz CT molecular complexity index is 252. The lowest BCUT2D eigenvalue weighted by molar-refractivity contribution is 0.0543. The number of hydrogen-bond donors (Lipinski definition) is 0. The van der Waals surface area contributed by atoms with Crippen LogP contribution in [0.5, 0.6) is 0 Å². The number of nitrogens with zero attached hydrogens (tertiary/aromatic N) is 1. The highest BCUT2D eigenvalue weighted by molar-refractivity contribution is 5.70. The molecular weight excluding hydrogens is 178 g/mol. The maximum atomic E-state index is 11.9. The van der Waals surface area contributed by atoms with Gasteiger partial charge in [-0.2, -0.15) is 0 Å². The molecule has 2 aliphatic heterocycles. The van der Waals surface area contributed by atoms with Crippen molar-refractivity contribution in [1.29, 1.82) is 0 Å². The molecule has 0 atom stereocenters. The molecule has 2 saturated heterocycles. The van der Waals surface area contributed by atoms with Crippen LogP contribution < -0.4 is 0 Å². The van der Waals surface area contributed by atoms with E-state index in [-0.39, 0.29) is 11.7 Å². The van der Waals surface area contributed by atoms with Gasteiger partial charge in [0.1, 0.15) is 5.60 Å². The number of amides is 1. The first-order valence-corrected chi connectivity index (χ1v) is 5.69. The first kappa shape index (κ1) is 8.57. The topological polar surface area (TPSA) is 29.5 Å². The normalized spacial score (nSPS) is 37.4. The third-order valence-corrected chi connectivity index (χ3v) is 3.95. The Balaban J connectivity index is 1.67. The van der Waals surface area contributed by atoms with Crippen molar-refractivity contribution in [3.05, 3.63) is 0 Å². The van der Waals surface area contributed by atoms with Crippen LogP contribution in [-0.4, -0.2) is 28.7 Å². The van der Waals surface area contributed by atoms with Crippen molar-refractivity contribution in [3.8, 4) is 0 Å². The lowest BCUT2D eigenvalue weighted by Gasteiger charge is -2.23. The SMILES string of the molecule is CC1(OC(=O)N2C3CCC2CC3)CC1. The Morgan fingerprint density at radius 2 is 1.71 bits per heavy atom. The quantitative estimate of drug-likeness (QED) is 0.642. The molecule has 1 amide bonds. The zero-order valence-electron chi connectivity index (χ0n) is 8.66. The van der Waals surface area contributed by atoms with Gasteiger partial charge in [-0.25, -0.2) is 4.79 Å². The van der Waals surface area contributed by atoms with Gasteiger partial charge in [-0.1, -0.05) is 0 Å². The molecule has 0 aromatic heterocycles. The van der Waals surface area contributed by atoms with Crippen LogP contribution in [0.25, 0.3) is 0 Å². The molecule has 0 aromatic rings. The summed E-state index contributed by atoms with van der Waals surface area (Å²) in [6.45, 7) is 2.03. The standard InChI is InChI=1S/C11H17NO2/c1-11(6-7-11)14-10(13)12-8-2-3-9(12)5-4-8/h8-9H,2-7H2,1H3. The maximum Gasteiger partial charge on any atom is 0.410 e. The molecule has 2 bridgehead atoms. The smallest absolute Gasteiger partial charge is 0.410 e. The van der Waals surface area contributed by atoms with Crippen molar-refractivity contribution >= 4 is 6.09 Å². The van der Waals surface area contributed by atoms with Crippen LogP contribution in [0.15, 0.2) is 0 Å². The summed E-state index contributed by atoms with van der Waals surface area (Å²) in [7, 11) is 0. The van der Waals surface area contributed by atoms with Crippen LogP contribution in [-0.2, 0) is 4.74 Å². The van der Waals surface area contributed by atoms with E-state index in [2.05, 4.69) is 0 Å². The highest BCUT2D eigenvalue weighted by Crippen LogP contribution is 2.42. The van der Waals surface area contributed by atoms with Crippen molar-refractivity contribution < 1.29 is 9.53 Å². The van der Waals surface area contributed by atoms with Gasteiger partial charge in [0.15, 0.2) is 0 Å². The first-order chi connectivity index (χ1) is 6.68. The molecule has 0 spiro atoms. The molecule has 3 nitrogen and oxygen atoms in total. The predicted octanol–water partition coefficient (Wildman–Crippen LogP) is 2.30. The van der Waals surface area contributed by atoms with Crippen molar-refractivity contribution in [2.24, 2.45) is 0 Å². The van der Waals surface area contributed by atoms with Crippen LogP contribution in [0.2, 0.25) is 0 Å².